The Morgan fingerprint density at radius 1 is 1.23 bits per heavy atom. The van der Waals surface area contributed by atoms with Gasteiger partial charge in [0, 0.05) is 10.8 Å². The highest BCUT2D eigenvalue weighted by atomic mass is 32.2. The zero-order valence-corrected chi connectivity index (χ0v) is 14.0. The van der Waals surface area contributed by atoms with E-state index in [1.807, 2.05) is 6.92 Å². The number of benzene rings is 1. The monoisotopic (exact) mass is 329 g/mol. The van der Waals surface area contributed by atoms with E-state index in [0.717, 1.165) is 0 Å². The van der Waals surface area contributed by atoms with E-state index >= 15 is 0 Å². The number of hydrogen-bond acceptors (Lipinski definition) is 5. The quantitative estimate of drug-likeness (QED) is 0.394. The molecule has 0 N–H and O–H groups in total. The lowest BCUT2D eigenvalue weighted by Crippen LogP contribution is -2.30. The van der Waals surface area contributed by atoms with Crippen molar-refractivity contribution in [3.63, 3.8) is 0 Å². The van der Waals surface area contributed by atoms with Crippen LogP contribution in [0.5, 0.6) is 0 Å². The topological polar surface area (TPSA) is 86.5 Å². The lowest BCUT2D eigenvalue weighted by atomic mass is 9.94. The van der Waals surface area contributed by atoms with E-state index in [9.17, 15) is 18.5 Å². The minimum atomic E-state index is -3.95. The minimum Gasteiger partial charge on any atom is -0.267 e. The van der Waals surface area contributed by atoms with Crippen LogP contribution < -0.4 is 0 Å². The van der Waals surface area contributed by atoms with Crippen LogP contribution in [0.1, 0.15) is 44.4 Å². The van der Waals surface area contributed by atoms with E-state index in [4.69, 9.17) is 4.18 Å². The minimum absolute atomic E-state index is 0.395. The van der Waals surface area contributed by atoms with Gasteiger partial charge in [-0.2, -0.15) is 8.42 Å². The number of hydrogen-bond donors (Lipinski definition) is 0. The van der Waals surface area contributed by atoms with E-state index in [0.29, 0.717) is 18.4 Å². The molecule has 7 heteroatoms. The zero-order chi connectivity index (χ0) is 16.8. The van der Waals surface area contributed by atoms with Crippen molar-refractivity contribution in [2.45, 2.75) is 45.0 Å². The normalized spacial score (nSPS) is 14.7. The average Bonchev–Trinajstić information content (AvgIpc) is 2.37. The van der Waals surface area contributed by atoms with Gasteiger partial charge in [-0.25, -0.2) is 0 Å². The maximum Gasteiger partial charge on any atom is 0.275 e. The SMILES string of the molecule is CCC[C@H](C[N+](=O)[O-])[C@H](c1ccccc1)S(=O)(=O)OC(C)C. The van der Waals surface area contributed by atoms with Crippen molar-refractivity contribution in [3.05, 3.63) is 46.0 Å². The van der Waals surface area contributed by atoms with Crippen molar-refractivity contribution >= 4 is 10.1 Å². The Bertz CT molecular complexity index is 571. The third kappa shape index (κ3) is 5.38. The second-order valence-corrected chi connectivity index (χ2v) is 7.22. The number of rotatable bonds is 9. The standard InChI is InChI=1S/C15H23NO5S/c1-4-8-14(11-16(17)18)15(13-9-6-5-7-10-13)22(19,20)21-12(2)3/h5-7,9-10,12,14-15H,4,8,11H2,1-3H3/t14-,15+/m1/s1. The molecule has 0 amide bonds. The Labute approximate surface area is 131 Å². The molecule has 0 bridgehead atoms. The largest absolute Gasteiger partial charge is 0.275 e. The van der Waals surface area contributed by atoms with Crippen LogP contribution in [0.25, 0.3) is 0 Å². The Morgan fingerprint density at radius 2 is 1.82 bits per heavy atom. The van der Waals surface area contributed by atoms with Gasteiger partial charge in [-0.1, -0.05) is 43.7 Å². The molecule has 0 saturated carbocycles. The maximum absolute atomic E-state index is 12.6. The summed E-state index contributed by atoms with van der Waals surface area (Å²) in [7, 11) is -3.95. The highest BCUT2D eigenvalue weighted by molar-refractivity contribution is 7.87. The van der Waals surface area contributed by atoms with Crippen LogP contribution in [0.4, 0.5) is 0 Å². The van der Waals surface area contributed by atoms with E-state index in [-0.39, 0.29) is 0 Å². The summed E-state index contributed by atoms with van der Waals surface area (Å²) in [6.07, 6.45) is 0.606. The summed E-state index contributed by atoms with van der Waals surface area (Å²) in [5.74, 6) is -0.619. The summed E-state index contributed by atoms with van der Waals surface area (Å²) in [4.78, 5) is 10.5. The zero-order valence-electron chi connectivity index (χ0n) is 13.1. The third-order valence-corrected chi connectivity index (χ3v) is 5.17. The molecule has 0 unspecified atom stereocenters. The fourth-order valence-electron chi connectivity index (χ4n) is 2.55. The van der Waals surface area contributed by atoms with Crippen LogP contribution in [0, 0.1) is 16.0 Å². The summed E-state index contributed by atoms with van der Waals surface area (Å²) in [6.45, 7) is 4.74. The second kappa shape index (κ2) is 8.24. The first-order valence-electron chi connectivity index (χ1n) is 7.36. The molecule has 124 valence electrons. The van der Waals surface area contributed by atoms with Gasteiger partial charge in [-0.3, -0.25) is 14.3 Å². The molecule has 22 heavy (non-hydrogen) atoms. The fourth-order valence-corrected chi connectivity index (χ4v) is 4.39. The molecule has 0 aliphatic heterocycles. The third-order valence-electron chi connectivity index (χ3n) is 3.24. The van der Waals surface area contributed by atoms with Gasteiger partial charge in [0.05, 0.1) is 6.10 Å². The molecular weight excluding hydrogens is 306 g/mol. The lowest BCUT2D eigenvalue weighted by Gasteiger charge is -2.25. The molecule has 0 radical (unpaired) electrons. The van der Waals surface area contributed by atoms with E-state index in [1.165, 1.54) is 0 Å². The Kier molecular flexibility index (Phi) is 6.96. The average molecular weight is 329 g/mol. The van der Waals surface area contributed by atoms with Gasteiger partial charge in [0.15, 0.2) is 0 Å². The predicted molar refractivity (Wildman–Crippen MR) is 84.6 cm³/mol. The summed E-state index contributed by atoms with van der Waals surface area (Å²) >= 11 is 0. The molecule has 1 rings (SSSR count). The Balaban J connectivity index is 3.28. The second-order valence-electron chi connectivity index (χ2n) is 5.53. The summed E-state index contributed by atoms with van der Waals surface area (Å²) < 4.78 is 30.3. The molecule has 0 aromatic heterocycles. The first-order valence-corrected chi connectivity index (χ1v) is 8.84. The van der Waals surface area contributed by atoms with E-state index in [2.05, 4.69) is 0 Å². The first kappa shape index (κ1) is 18.6. The van der Waals surface area contributed by atoms with Crippen LogP contribution in [0.3, 0.4) is 0 Å². The molecule has 0 saturated heterocycles. The number of nitrogens with zero attached hydrogens (tertiary/aromatic N) is 1. The van der Waals surface area contributed by atoms with Crippen LogP contribution in [-0.2, 0) is 14.3 Å². The lowest BCUT2D eigenvalue weighted by molar-refractivity contribution is -0.488. The molecule has 0 spiro atoms. The van der Waals surface area contributed by atoms with Crippen molar-refractivity contribution in [1.29, 1.82) is 0 Å². The number of nitro groups is 1. The van der Waals surface area contributed by atoms with Crippen LogP contribution in [0.15, 0.2) is 30.3 Å². The molecular formula is C15H23NO5S. The maximum atomic E-state index is 12.6. The van der Waals surface area contributed by atoms with Crippen LogP contribution >= 0.6 is 0 Å². The van der Waals surface area contributed by atoms with Crippen molar-refractivity contribution in [2.75, 3.05) is 6.54 Å². The fraction of sp³-hybridized carbons (Fsp3) is 0.600. The van der Waals surface area contributed by atoms with Crippen molar-refractivity contribution in [1.82, 2.24) is 0 Å². The van der Waals surface area contributed by atoms with Gasteiger partial charge in [0.2, 0.25) is 6.54 Å². The van der Waals surface area contributed by atoms with Crippen molar-refractivity contribution in [2.24, 2.45) is 5.92 Å². The first-order chi connectivity index (χ1) is 10.3. The van der Waals surface area contributed by atoms with Crippen LogP contribution in [0.2, 0.25) is 0 Å². The van der Waals surface area contributed by atoms with Gasteiger partial charge in [0.1, 0.15) is 5.25 Å². The van der Waals surface area contributed by atoms with Gasteiger partial charge in [-0.05, 0) is 25.8 Å². The molecule has 0 aliphatic rings. The molecule has 1 aromatic rings. The van der Waals surface area contributed by atoms with Gasteiger partial charge in [-0.15, -0.1) is 0 Å². The van der Waals surface area contributed by atoms with E-state index < -0.39 is 38.9 Å². The Morgan fingerprint density at radius 3 is 2.27 bits per heavy atom. The molecule has 0 fully saturated rings. The summed E-state index contributed by atoms with van der Waals surface area (Å²) in [5, 5.41) is 9.91. The molecule has 0 aliphatic carbocycles. The Hall–Kier alpha value is -1.47. The summed E-state index contributed by atoms with van der Waals surface area (Å²) in [6, 6.07) is 8.58. The highest BCUT2D eigenvalue weighted by Crippen LogP contribution is 2.35. The molecule has 1 aromatic carbocycles. The molecule has 2 atom stereocenters. The van der Waals surface area contributed by atoms with Gasteiger partial charge in [0.25, 0.3) is 10.1 Å². The van der Waals surface area contributed by atoms with Crippen molar-refractivity contribution in [3.8, 4) is 0 Å². The van der Waals surface area contributed by atoms with Crippen LogP contribution in [-0.4, -0.2) is 26.0 Å². The van der Waals surface area contributed by atoms with Gasteiger partial charge < -0.3 is 0 Å². The molecule has 6 nitrogen and oxygen atoms in total. The highest BCUT2D eigenvalue weighted by Gasteiger charge is 2.38. The predicted octanol–water partition coefficient (Wildman–Crippen LogP) is 3.18. The van der Waals surface area contributed by atoms with Gasteiger partial charge >= 0.3 is 0 Å². The molecule has 0 heterocycles. The smallest absolute Gasteiger partial charge is 0.267 e. The van der Waals surface area contributed by atoms with Crippen molar-refractivity contribution < 1.29 is 17.5 Å². The van der Waals surface area contributed by atoms with E-state index in [1.54, 1.807) is 44.2 Å². The summed E-state index contributed by atoms with van der Waals surface area (Å²) in [5.41, 5.74) is 0.531.